The standard InChI is InChI=1S/C15H18O3/c1-8(2)10-5-6-11(9(3)4)14-12(10)7-13(16)15(17)18-14/h5-6,8-9H,7H2,1-4H3. The number of carbonyl (C=O) groups is 2. The fraction of sp³-hybridized carbons (Fsp3) is 0.467. The molecule has 3 nitrogen and oxygen atoms in total. The summed E-state index contributed by atoms with van der Waals surface area (Å²) in [5.41, 5.74) is 2.98. The molecule has 0 saturated heterocycles. The third kappa shape index (κ3) is 2.05. The minimum absolute atomic E-state index is 0.169. The average molecular weight is 246 g/mol. The Balaban J connectivity index is 2.64. The van der Waals surface area contributed by atoms with Crippen LogP contribution in [0, 0.1) is 0 Å². The molecule has 0 atom stereocenters. The minimum Gasteiger partial charge on any atom is -0.420 e. The predicted octanol–water partition coefficient (Wildman–Crippen LogP) is 2.96. The molecular weight excluding hydrogens is 228 g/mol. The number of ketones is 1. The highest BCUT2D eigenvalue weighted by Gasteiger charge is 2.30. The monoisotopic (exact) mass is 246 g/mol. The van der Waals surface area contributed by atoms with Crippen LogP contribution in [0.4, 0.5) is 0 Å². The van der Waals surface area contributed by atoms with Crippen molar-refractivity contribution in [3.05, 3.63) is 28.8 Å². The first-order chi connectivity index (χ1) is 8.41. The number of ether oxygens (including phenoxy) is 1. The van der Waals surface area contributed by atoms with Gasteiger partial charge in [0.2, 0.25) is 5.78 Å². The predicted molar refractivity (Wildman–Crippen MR) is 69.0 cm³/mol. The largest absolute Gasteiger partial charge is 0.420 e. The molecule has 1 heterocycles. The molecule has 0 aromatic heterocycles. The molecule has 0 amide bonds. The number of carbonyl (C=O) groups excluding carboxylic acids is 2. The lowest BCUT2D eigenvalue weighted by atomic mass is 9.87. The van der Waals surface area contributed by atoms with Crippen molar-refractivity contribution in [2.75, 3.05) is 0 Å². The van der Waals surface area contributed by atoms with E-state index in [4.69, 9.17) is 4.74 Å². The van der Waals surface area contributed by atoms with Crippen LogP contribution >= 0.6 is 0 Å². The number of benzene rings is 1. The van der Waals surface area contributed by atoms with Crippen LogP contribution in [0.15, 0.2) is 12.1 Å². The molecule has 0 N–H and O–H groups in total. The smallest absolute Gasteiger partial charge is 0.380 e. The summed E-state index contributed by atoms with van der Waals surface area (Å²) in [7, 11) is 0. The molecule has 0 aliphatic carbocycles. The fourth-order valence-electron chi connectivity index (χ4n) is 2.34. The van der Waals surface area contributed by atoms with Crippen molar-refractivity contribution < 1.29 is 14.3 Å². The Labute approximate surface area is 107 Å². The third-order valence-corrected chi connectivity index (χ3v) is 3.33. The molecule has 0 fully saturated rings. The lowest BCUT2D eigenvalue weighted by Gasteiger charge is -2.24. The van der Waals surface area contributed by atoms with E-state index in [1.54, 1.807) is 0 Å². The Kier molecular flexibility index (Phi) is 3.24. The zero-order valence-corrected chi connectivity index (χ0v) is 11.2. The summed E-state index contributed by atoms with van der Waals surface area (Å²) in [6.07, 6.45) is 0.169. The first-order valence-electron chi connectivity index (χ1n) is 6.32. The van der Waals surface area contributed by atoms with E-state index < -0.39 is 11.8 Å². The van der Waals surface area contributed by atoms with Crippen LogP contribution in [-0.4, -0.2) is 11.8 Å². The molecule has 0 radical (unpaired) electrons. The Morgan fingerprint density at radius 2 is 1.56 bits per heavy atom. The van der Waals surface area contributed by atoms with Crippen molar-refractivity contribution >= 4 is 11.8 Å². The first-order valence-corrected chi connectivity index (χ1v) is 6.32. The van der Waals surface area contributed by atoms with E-state index in [-0.39, 0.29) is 12.3 Å². The summed E-state index contributed by atoms with van der Waals surface area (Å²) >= 11 is 0. The number of rotatable bonds is 2. The van der Waals surface area contributed by atoms with Crippen LogP contribution in [0.25, 0.3) is 0 Å². The summed E-state index contributed by atoms with van der Waals surface area (Å²) in [6.45, 7) is 8.25. The maximum atomic E-state index is 11.5. The van der Waals surface area contributed by atoms with Crippen LogP contribution in [0.1, 0.15) is 56.2 Å². The lowest BCUT2D eigenvalue weighted by molar-refractivity contribution is -0.147. The molecule has 1 aliphatic rings. The summed E-state index contributed by atoms with van der Waals surface area (Å²) < 4.78 is 5.24. The van der Waals surface area contributed by atoms with Gasteiger partial charge in [0.1, 0.15) is 5.75 Å². The van der Waals surface area contributed by atoms with Gasteiger partial charge in [-0.2, -0.15) is 0 Å². The van der Waals surface area contributed by atoms with Gasteiger partial charge in [0.25, 0.3) is 0 Å². The topological polar surface area (TPSA) is 43.4 Å². The lowest BCUT2D eigenvalue weighted by Crippen LogP contribution is -2.29. The van der Waals surface area contributed by atoms with Gasteiger partial charge < -0.3 is 4.74 Å². The Hall–Kier alpha value is -1.64. The van der Waals surface area contributed by atoms with E-state index in [0.29, 0.717) is 11.7 Å². The minimum atomic E-state index is -0.731. The van der Waals surface area contributed by atoms with Gasteiger partial charge in [0, 0.05) is 12.0 Å². The van der Waals surface area contributed by atoms with E-state index in [9.17, 15) is 9.59 Å². The molecule has 96 valence electrons. The van der Waals surface area contributed by atoms with Crippen molar-refractivity contribution in [3.63, 3.8) is 0 Å². The molecule has 1 aliphatic heterocycles. The van der Waals surface area contributed by atoms with Crippen LogP contribution in [0.2, 0.25) is 0 Å². The van der Waals surface area contributed by atoms with Gasteiger partial charge in [-0.15, -0.1) is 0 Å². The van der Waals surface area contributed by atoms with Crippen molar-refractivity contribution in [2.24, 2.45) is 0 Å². The third-order valence-electron chi connectivity index (χ3n) is 3.33. The number of hydrogen-bond acceptors (Lipinski definition) is 3. The summed E-state index contributed by atoms with van der Waals surface area (Å²) in [6, 6.07) is 4.05. The van der Waals surface area contributed by atoms with Gasteiger partial charge in [-0.1, -0.05) is 39.8 Å². The van der Waals surface area contributed by atoms with E-state index in [1.807, 2.05) is 12.1 Å². The molecule has 0 unspecified atom stereocenters. The van der Waals surface area contributed by atoms with Gasteiger partial charge >= 0.3 is 5.97 Å². The maximum Gasteiger partial charge on any atom is 0.380 e. The van der Waals surface area contributed by atoms with Gasteiger partial charge in [0.05, 0.1) is 0 Å². The molecule has 0 bridgehead atoms. The number of hydrogen-bond donors (Lipinski definition) is 0. The summed E-state index contributed by atoms with van der Waals surface area (Å²) in [5.74, 6) is 0.00180. The number of fused-ring (bicyclic) bond motifs is 1. The Bertz CT molecular complexity index is 466. The van der Waals surface area contributed by atoms with Gasteiger partial charge in [-0.3, -0.25) is 4.79 Å². The van der Waals surface area contributed by atoms with E-state index >= 15 is 0 Å². The van der Waals surface area contributed by atoms with Crippen molar-refractivity contribution in [2.45, 2.75) is 46.0 Å². The normalized spacial score (nSPS) is 15.0. The molecule has 1 aromatic rings. The summed E-state index contributed by atoms with van der Waals surface area (Å²) in [4.78, 5) is 23.0. The SMILES string of the molecule is CC(C)c1ccc(C(C)C)c2c1CC(=O)C(=O)O2. The second kappa shape index (κ2) is 4.56. The molecule has 3 heteroatoms. The van der Waals surface area contributed by atoms with Crippen LogP contribution in [-0.2, 0) is 16.0 Å². The highest BCUT2D eigenvalue weighted by atomic mass is 16.5. The highest BCUT2D eigenvalue weighted by molar-refractivity contribution is 6.35. The second-order valence-corrected chi connectivity index (χ2v) is 5.35. The van der Waals surface area contributed by atoms with Crippen molar-refractivity contribution in [1.82, 2.24) is 0 Å². The van der Waals surface area contributed by atoms with Gasteiger partial charge in [-0.25, -0.2) is 4.79 Å². The Morgan fingerprint density at radius 3 is 2.11 bits per heavy atom. The molecule has 0 saturated carbocycles. The fourth-order valence-corrected chi connectivity index (χ4v) is 2.34. The van der Waals surface area contributed by atoms with Crippen molar-refractivity contribution in [1.29, 1.82) is 0 Å². The molecular formula is C15H18O3. The number of esters is 1. The summed E-state index contributed by atoms with van der Waals surface area (Å²) in [5, 5.41) is 0. The first kappa shape index (κ1) is 12.8. The zero-order chi connectivity index (χ0) is 13.4. The van der Waals surface area contributed by atoms with Crippen LogP contribution < -0.4 is 4.74 Å². The van der Waals surface area contributed by atoms with Crippen LogP contribution in [0.3, 0.4) is 0 Å². The van der Waals surface area contributed by atoms with E-state index in [2.05, 4.69) is 27.7 Å². The van der Waals surface area contributed by atoms with E-state index in [0.717, 1.165) is 16.7 Å². The Morgan fingerprint density at radius 1 is 1.00 bits per heavy atom. The molecule has 2 rings (SSSR count). The molecule has 1 aromatic carbocycles. The quantitative estimate of drug-likeness (QED) is 0.458. The van der Waals surface area contributed by atoms with Crippen molar-refractivity contribution in [3.8, 4) is 5.75 Å². The highest BCUT2D eigenvalue weighted by Crippen LogP contribution is 2.37. The molecule has 18 heavy (non-hydrogen) atoms. The van der Waals surface area contributed by atoms with Gasteiger partial charge in [0.15, 0.2) is 0 Å². The molecule has 0 spiro atoms. The average Bonchev–Trinajstić information content (AvgIpc) is 2.28. The maximum absolute atomic E-state index is 11.5. The van der Waals surface area contributed by atoms with E-state index in [1.165, 1.54) is 0 Å². The number of Topliss-reactive ketones (excluding diaryl/α,β-unsaturated/α-hetero) is 1. The van der Waals surface area contributed by atoms with Gasteiger partial charge in [-0.05, 0) is 23.0 Å². The second-order valence-electron chi connectivity index (χ2n) is 5.35. The zero-order valence-electron chi connectivity index (χ0n) is 11.2. The van der Waals surface area contributed by atoms with Crippen LogP contribution in [0.5, 0.6) is 5.75 Å².